The van der Waals surface area contributed by atoms with Crippen LogP contribution >= 0.6 is 27.3 Å². The number of hydrazine groups is 1. The van der Waals surface area contributed by atoms with Gasteiger partial charge in [0, 0.05) is 24.9 Å². The molecule has 0 unspecified atom stereocenters. The van der Waals surface area contributed by atoms with Gasteiger partial charge in [0.1, 0.15) is 10.7 Å². The number of rotatable bonds is 5. The highest BCUT2D eigenvalue weighted by Gasteiger charge is 2.31. The quantitative estimate of drug-likeness (QED) is 0.528. The maximum atomic E-state index is 12.3. The normalized spacial score (nSPS) is 24.5. The zero-order valence-electron chi connectivity index (χ0n) is 15.4. The SMILES string of the molecule is COC(=O)c1sc(Br)cc1N(NC1CCC(C)CC1)C1CCC(=O)CC1. The topological polar surface area (TPSA) is 58.6 Å². The molecule has 2 fully saturated rings. The van der Waals surface area contributed by atoms with Crippen molar-refractivity contribution in [3.8, 4) is 0 Å². The summed E-state index contributed by atoms with van der Waals surface area (Å²) in [6, 6.07) is 2.62. The molecule has 26 heavy (non-hydrogen) atoms. The second-order valence-corrected chi connectivity index (χ2v) is 9.91. The van der Waals surface area contributed by atoms with Crippen molar-refractivity contribution in [3.05, 3.63) is 14.7 Å². The van der Waals surface area contributed by atoms with Gasteiger partial charge in [0.05, 0.1) is 16.6 Å². The lowest BCUT2D eigenvalue weighted by Gasteiger charge is -2.40. The van der Waals surface area contributed by atoms with E-state index in [9.17, 15) is 9.59 Å². The lowest BCUT2D eigenvalue weighted by Crippen LogP contribution is -2.53. The zero-order valence-corrected chi connectivity index (χ0v) is 17.8. The van der Waals surface area contributed by atoms with Gasteiger partial charge in [-0.2, -0.15) is 0 Å². The van der Waals surface area contributed by atoms with Gasteiger partial charge >= 0.3 is 5.97 Å². The van der Waals surface area contributed by atoms with E-state index in [0.717, 1.165) is 41.1 Å². The number of carbonyl (C=O) groups is 2. The van der Waals surface area contributed by atoms with Crippen molar-refractivity contribution in [2.24, 2.45) is 5.92 Å². The van der Waals surface area contributed by atoms with Gasteiger partial charge in [-0.3, -0.25) is 4.79 Å². The standard InChI is InChI=1S/C19H27BrN2O3S/c1-12-3-5-13(6-4-12)21-22(14-7-9-15(23)10-8-14)16-11-17(20)26-18(16)19(24)25-2/h11-14,21H,3-10H2,1-2H3. The highest BCUT2D eigenvalue weighted by molar-refractivity contribution is 9.11. The van der Waals surface area contributed by atoms with Gasteiger partial charge in [0.2, 0.25) is 0 Å². The number of Topliss-reactive ketones (excluding diaryl/α,β-unsaturated/α-hetero) is 1. The molecule has 5 nitrogen and oxygen atoms in total. The van der Waals surface area contributed by atoms with Gasteiger partial charge < -0.3 is 9.75 Å². The second-order valence-electron chi connectivity index (χ2n) is 7.48. The number of thiophene rings is 1. The highest BCUT2D eigenvalue weighted by Crippen LogP contribution is 2.37. The lowest BCUT2D eigenvalue weighted by molar-refractivity contribution is -0.120. The fourth-order valence-electron chi connectivity index (χ4n) is 3.91. The Balaban J connectivity index is 1.85. The number of ether oxygens (including phenoxy) is 1. The molecule has 0 spiro atoms. The van der Waals surface area contributed by atoms with Crippen LogP contribution in [0.25, 0.3) is 0 Å². The first kappa shape index (κ1) is 19.8. The van der Waals surface area contributed by atoms with Crippen LogP contribution in [0.3, 0.4) is 0 Å². The molecular formula is C19H27BrN2O3S. The Morgan fingerprint density at radius 1 is 1.23 bits per heavy atom. The summed E-state index contributed by atoms with van der Waals surface area (Å²) in [5.74, 6) is 0.814. The van der Waals surface area contributed by atoms with Crippen LogP contribution in [0.4, 0.5) is 5.69 Å². The first-order chi connectivity index (χ1) is 12.5. The Bertz CT molecular complexity index is 645. The van der Waals surface area contributed by atoms with Gasteiger partial charge in [0.25, 0.3) is 0 Å². The minimum Gasteiger partial charge on any atom is -0.465 e. The van der Waals surface area contributed by atoms with Gasteiger partial charge in [-0.15, -0.1) is 11.3 Å². The van der Waals surface area contributed by atoms with E-state index in [1.54, 1.807) is 0 Å². The van der Waals surface area contributed by atoms with Gasteiger partial charge in [0.15, 0.2) is 0 Å². The van der Waals surface area contributed by atoms with E-state index in [2.05, 4.69) is 33.3 Å². The molecule has 2 saturated carbocycles. The van der Waals surface area contributed by atoms with E-state index in [1.165, 1.54) is 31.3 Å². The number of nitrogens with one attached hydrogen (secondary N) is 1. The number of esters is 1. The van der Waals surface area contributed by atoms with Gasteiger partial charge in [-0.1, -0.05) is 6.92 Å². The number of nitrogens with zero attached hydrogens (tertiary/aromatic N) is 1. The molecule has 3 rings (SSSR count). The predicted molar refractivity (Wildman–Crippen MR) is 108 cm³/mol. The van der Waals surface area contributed by atoms with Crippen LogP contribution < -0.4 is 10.4 Å². The maximum Gasteiger partial charge on any atom is 0.350 e. The minimum atomic E-state index is -0.313. The number of methoxy groups -OCH3 is 1. The molecule has 0 atom stereocenters. The summed E-state index contributed by atoms with van der Waals surface area (Å²) in [5.41, 5.74) is 4.58. The smallest absolute Gasteiger partial charge is 0.350 e. The number of halogens is 1. The van der Waals surface area contributed by atoms with Crippen LogP contribution in [-0.4, -0.2) is 30.9 Å². The average Bonchev–Trinajstić information content (AvgIpc) is 3.03. The van der Waals surface area contributed by atoms with E-state index in [1.807, 2.05) is 6.07 Å². The maximum absolute atomic E-state index is 12.3. The molecule has 0 aliphatic heterocycles. The summed E-state index contributed by atoms with van der Waals surface area (Å²) in [6.45, 7) is 2.31. The van der Waals surface area contributed by atoms with Crippen molar-refractivity contribution >= 4 is 44.7 Å². The number of anilines is 1. The Labute approximate surface area is 167 Å². The molecular weight excluding hydrogens is 416 g/mol. The van der Waals surface area contributed by atoms with Crippen LogP contribution in [0.5, 0.6) is 0 Å². The van der Waals surface area contributed by atoms with Crippen LogP contribution in [0.2, 0.25) is 0 Å². The third kappa shape index (κ3) is 4.67. The van der Waals surface area contributed by atoms with E-state index in [0.29, 0.717) is 29.5 Å². The Morgan fingerprint density at radius 3 is 2.50 bits per heavy atom. The second kappa shape index (κ2) is 8.85. The van der Waals surface area contributed by atoms with Crippen molar-refractivity contribution in [1.82, 2.24) is 5.43 Å². The fourth-order valence-corrected chi connectivity index (χ4v) is 5.41. The van der Waals surface area contributed by atoms with Crippen molar-refractivity contribution in [1.29, 1.82) is 0 Å². The molecule has 0 saturated heterocycles. The van der Waals surface area contributed by atoms with E-state index in [4.69, 9.17) is 4.74 Å². The molecule has 0 aromatic carbocycles. The molecule has 0 radical (unpaired) electrons. The van der Waals surface area contributed by atoms with Crippen LogP contribution in [0.15, 0.2) is 9.85 Å². The van der Waals surface area contributed by atoms with Crippen LogP contribution in [0, 0.1) is 5.92 Å². The average molecular weight is 443 g/mol. The van der Waals surface area contributed by atoms with Crippen LogP contribution in [0.1, 0.15) is 68.0 Å². The van der Waals surface area contributed by atoms with Crippen molar-refractivity contribution < 1.29 is 14.3 Å². The Morgan fingerprint density at radius 2 is 1.88 bits per heavy atom. The Hall–Kier alpha value is -0.920. The minimum absolute atomic E-state index is 0.219. The first-order valence-electron chi connectivity index (χ1n) is 9.42. The molecule has 1 heterocycles. The third-order valence-electron chi connectivity index (χ3n) is 5.53. The van der Waals surface area contributed by atoms with Gasteiger partial charge in [-0.25, -0.2) is 10.2 Å². The molecule has 1 aromatic rings. The van der Waals surface area contributed by atoms with Crippen molar-refractivity contribution in [3.63, 3.8) is 0 Å². The fraction of sp³-hybridized carbons (Fsp3) is 0.684. The molecule has 1 N–H and O–H groups in total. The van der Waals surface area contributed by atoms with Crippen LogP contribution in [-0.2, 0) is 9.53 Å². The number of carbonyl (C=O) groups excluding carboxylic acids is 2. The summed E-state index contributed by atoms with van der Waals surface area (Å²) in [4.78, 5) is 24.6. The Kier molecular flexibility index (Phi) is 6.75. The molecule has 1 aromatic heterocycles. The lowest BCUT2D eigenvalue weighted by atomic mass is 9.87. The van der Waals surface area contributed by atoms with Crippen molar-refractivity contribution in [2.75, 3.05) is 12.1 Å². The summed E-state index contributed by atoms with van der Waals surface area (Å²) in [5, 5.41) is 2.17. The molecule has 144 valence electrons. The number of hydrogen-bond acceptors (Lipinski definition) is 6. The third-order valence-corrected chi connectivity index (χ3v) is 7.14. The highest BCUT2D eigenvalue weighted by atomic mass is 79.9. The zero-order chi connectivity index (χ0) is 18.7. The number of hydrogen-bond donors (Lipinski definition) is 1. The number of ketones is 1. The summed E-state index contributed by atoms with van der Waals surface area (Å²) < 4.78 is 5.90. The van der Waals surface area contributed by atoms with E-state index >= 15 is 0 Å². The molecule has 0 bridgehead atoms. The largest absolute Gasteiger partial charge is 0.465 e. The molecule has 2 aliphatic rings. The summed E-state index contributed by atoms with van der Waals surface area (Å²) in [6.07, 6.45) is 7.61. The monoisotopic (exact) mass is 442 g/mol. The molecule has 2 aliphatic carbocycles. The summed E-state index contributed by atoms with van der Waals surface area (Å²) in [7, 11) is 1.42. The molecule has 0 amide bonds. The van der Waals surface area contributed by atoms with E-state index < -0.39 is 0 Å². The summed E-state index contributed by atoms with van der Waals surface area (Å²) >= 11 is 4.91. The first-order valence-corrected chi connectivity index (χ1v) is 11.0. The predicted octanol–water partition coefficient (Wildman–Crippen LogP) is 4.70. The van der Waals surface area contributed by atoms with Gasteiger partial charge in [-0.05, 0) is 66.4 Å². The van der Waals surface area contributed by atoms with Crippen molar-refractivity contribution in [2.45, 2.75) is 70.4 Å². The van der Waals surface area contributed by atoms with E-state index in [-0.39, 0.29) is 12.0 Å². The molecule has 7 heteroatoms.